The summed E-state index contributed by atoms with van der Waals surface area (Å²) in [6.45, 7) is 8.57. The highest BCUT2D eigenvalue weighted by atomic mass is 16.5. The number of methoxy groups -OCH3 is 1. The summed E-state index contributed by atoms with van der Waals surface area (Å²) in [5.74, 6) is 1.47. The monoisotopic (exact) mass is 254 g/mol. The van der Waals surface area contributed by atoms with Crippen molar-refractivity contribution in [1.82, 2.24) is 20.1 Å². The van der Waals surface area contributed by atoms with Crippen LogP contribution in [0.4, 0.5) is 0 Å². The maximum Gasteiger partial charge on any atom is 0.138 e. The molecule has 5 nitrogen and oxygen atoms in total. The Morgan fingerprint density at radius 2 is 2.00 bits per heavy atom. The van der Waals surface area contributed by atoms with Crippen LogP contribution >= 0.6 is 0 Å². The molecule has 104 valence electrons. The highest BCUT2D eigenvalue weighted by Crippen LogP contribution is 2.15. The first-order chi connectivity index (χ1) is 8.51. The normalized spacial score (nSPS) is 15.3. The lowest BCUT2D eigenvalue weighted by Gasteiger charge is -2.28. The van der Waals surface area contributed by atoms with Gasteiger partial charge in [0.15, 0.2) is 0 Å². The average molecular weight is 254 g/mol. The summed E-state index contributed by atoms with van der Waals surface area (Å²) in [4.78, 5) is 4.36. The van der Waals surface area contributed by atoms with E-state index in [1.165, 1.54) is 0 Å². The van der Waals surface area contributed by atoms with Crippen LogP contribution in [0, 0.1) is 5.92 Å². The summed E-state index contributed by atoms with van der Waals surface area (Å²) in [5.41, 5.74) is 0. The van der Waals surface area contributed by atoms with Crippen molar-refractivity contribution in [3.63, 3.8) is 0 Å². The molecule has 0 bridgehead atoms. The van der Waals surface area contributed by atoms with Crippen LogP contribution in [0.1, 0.15) is 39.6 Å². The Morgan fingerprint density at radius 1 is 1.33 bits per heavy atom. The first kappa shape index (κ1) is 15.1. The number of ether oxygens (including phenoxy) is 1. The minimum Gasteiger partial charge on any atom is -0.380 e. The van der Waals surface area contributed by atoms with Crippen molar-refractivity contribution < 1.29 is 4.74 Å². The van der Waals surface area contributed by atoms with E-state index in [1.54, 1.807) is 13.4 Å². The zero-order valence-corrected chi connectivity index (χ0v) is 12.3. The van der Waals surface area contributed by atoms with Gasteiger partial charge in [-0.3, -0.25) is 0 Å². The van der Waals surface area contributed by atoms with Crippen LogP contribution in [0.5, 0.6) is 0 Å². The molecule has 0 spiro atoms. The Balaban J connectivity index is 2.82. The molecule has 1 rings (SSSR count). The third-order valence-corrected chi connectivity index (χ3v) is 3.24. The van der Waals surface area contributed by atoms with Crippen LogP contribution < -0.4 is 5.32 Å². The molecule has 1 aromatic heterocycles. The van der Waals surface area contributed by atoms with Gasteiger partial charge in [0.05, 0.1) is 6.10 Å². The fourth-order valence-corrected chi connectivity index (χ4v) is 2.33. The number of likely N-dealkylation sites (N-methyl/N-ethyl adjacent to an activating group) is 1. The standard InChI is InChI=1S/C13H26N4O/c1-9(2)13(18-6)11(14-5)7-12-15-8-16-17(12)10(3)4/h8-11,13-14H,7H2,1-6H3. The van der Waals surface area contributed by atoms with Gasteiger partial charge in [-0.05, 0) is 26.8 Å². The van der Waals surface area contributed by atoms with Crippen molar-refractivity contribution in [3.05, 3.63) is 12.2 Å². The van der Waals surface area contributed by atoms with Crippen molar-refractivity contribution in [2.75, 3.05) is 14.2 Å². The van der Waals surface area contributed by atoms with E-state index in [2.05, 4.69) is 43.1 Å². The van der Waals surface area contributed by atoms with Gasteiger partial charge in [0, 0.05) is 25.6 Å². The van der Waals surface area contributed by atoms with E-state index < -0.39 is 0 Å². The van der Waals surface area contributed by atoms with E-state index in [4.69, 9.17) is 4.74 Å². The molecule has 0 saturated heterocycles. The number of aromatic nitrogens is 3. The molecule has 0 radical (unpaired) electrons. The van der Waals surface area contributed by atoms with Gasteiger partial charge in [-0.1, -0.05) is 13.8 Å². The van der Waals surface area contributed by atoms with Gasteiger partial charge in [-0.2, -0.15) is 5.10 Å². The first-order valence-electron chi connectivity index (χ1n) is 6.59. The van der Waals surface area contributed by atoms with Crippen molar-refractivity contribution in [2.24, 2.45) is 5.92 Å². The topological polar surface area (TPSA) is 52.0 Å². The number of nitrogens with zero attached hydrogens (tertiary/aromatic N) is 3. The van der Waals surface area contributed by atoms with Gasteiger partial charge in [0.2, 0.25) is 0 Å². The molecule has 1 aromatic rings. The number of hydrogen-bond donors (Lipinski definition) is 1. The van der Waals surface area contributed by atoms with Crippen LogP contribution in [-0.4, -0.2) is 41.1 Å². The molecule has 0 aliphatic rings. The molecule has 2 unspecified atom stereocenters. The second-order valence-corrected chi connectivity index (χ2v) is 5.26. The minimum absolute atomic E-state index is 0.173. The SMILES string of the molecule is CNC(Cc1ncnn1C(C)C)C(OC)C(C)C. The summed E-state index contributed by atoms with van der Waals surface area (Å²) in [6, 6.07) is 0.580. The van der Waals surface area contributed by atoms with Crippen LogP contribution in [-0.2, 0) is 11.2 Å². The fraction of sp³-hybridized carbons (Fsp3) is 0.846. The molecule has 2 atom stereocenters. The van der Waals surface area contributed by atoms with Crippen molar-refractivity contribution in [2.45, 2.75) is 52.3 Å². The van der Waals surface area contributed by atoms with Crippen molar-refractivity contribution in [3.8, 4) is 0 Å². The fourth-order valence-electron chi connectivity index (χ4n) is 2.33. The molecule has 0 aliphatic heterocycles. The van der Waals surface area contributed by atoms with E-state index in [-0.39, 0.29) is 12.1 Å². The summed E-state index contributed by atoms with van der Waals surface area (Å²) in [6.07, 6.45) is 2.62. The highest BCUT2D eigenvalue weighted by molar-refractivity contribution is 4.94. The van der Waals surface area contributed by atoms with Crippen LogP contribution in [0.3, 0.4) is 0 Å². The van der Waals surface area contributed by atoms with Crippen LogP contribution in [0.15, 0.2) is 6.33 Å². The van der Waals surface area contributed by atoms with Gasteiger partial charge in [-0.15, -0.1) is 0 Å². The molecule has 5 heteroatoms. The summed E-state index contributed by atoms with van der Waals surface area (Å²) in [5, 5.41) is 7.60. The third-order valence-electron chi connectivity index (χ3n) is 3.24. The zero-order chi connectivity index (χ0) is 13.7. The predicted molar refractivity (Wildman–Crippen MR) is 72.6 cm³/mol. The second-order valence-electron chi connectivity index (χ2n) is 5.26. The van der Waals surface area contributed by atoms with Gasteiger partial charge >= 0.3 is 0 Å². The molecule has 0 aromatic carbocycles. The van der Waals surface area contributed by atoms with Gasteiger partial charge in [-0.25, -0.2) is 9.67 Å². The third kappa shape index (κ3) is 3.53. The number of rotatable bonds is 7. The molecule has 1 heterocycles. The average Bonchev–Trinajstić information content (AvgIpc) is 2.76. The lowest BCUT2D eigenvalue weighted by molar-refractivity contribution is 0.0345. The van der Waals surface area contributed by atoms with E-state index >= 15 is 0 Å². The molecule has 18 heavy (non-hydrogen) atoms. The van der Waals surface area contributed by atoms with E-state index in [0.717, 1.165) is 12.2 Å². The highest BCUT2D eigenvalue weighted by Gasteiger charge is 2.25. The van der Waals surface area contributed by atoms with Gasteiger partial charge < -0.3 is 10.1 Å². The van der Waals surface area contributed by atoms with Crippen molar-refractivity contribution >= 4 is 0 Å². The summed E-state index contributed by atoms with van der Waals surface area (Å²) in [7, 11) is 3.73. The summed E-state index contributed by atoms with van der Waals surface area (Å²) >= 11 is 0. The predicted octanol–water partition coefficient (Wildman–Crippen LogP) is 1.66. The van der Waals surface area contributed by atoms with E-state index in [9.17, 15) is 0 Å². The molecule has 0 aliphatic carbocycles. The molecule has 0 amide bonds. The quantitative estimate of drug-likeness (QED) is 0.804. The lowest BCUT2D eigenvalue weighted by Crippen LogP contribution is -2.44. The number of hydrogen-bond acceptors (Lipinski definition) is 4. The molecule has 1 N–H and O–H groups in total. The Morgan fingerprint density at radius 3 is 2.44 bits per heavy atom. The van der Waals surface area contributed by atoms with E-state index in [0.29, 0.717) is 12.0 Å². The largest absolute Gasteiger partial charge is 0.380 e. The van der Waals surface area contributed by atoms with Crippen LogP contribution in [0.25, 0.3) is 0 Å². The Bertz CT molecular complexity index is 349. The zero-order valence-electron chi connectivity index (χ0n) is 12.3. The number of nitrogens with one attached hydrogen (secondary N) is 1. The second kappa shape index (κ2) is 6.85. The maximum absolute atomic E-state index is 5.59. The lowest BCUT2D eigenvalue weighted by atomic mass is 9.96. The molecular weight excluding hydrogens is 228 g/mol. The molecule has 0 fully saturated rings. The van der Waals surface area contributed by atoms with Gasteiger partial charge in [0.25, 0.3) is 0 Å². The Labute approximate surface area is 110 Å². The Kier molecular flexibility index (Phi) is 5.75. The Hall–Kier alpha value is -0.940. The first-order valence-corrected chi connectivity index (χ1v) is 6.59. The molecular formula is C13H26N4O. The molecule has 0 saturated carbocycles. The minimum atomic E-state index is 0.173. The smallest absolute Gasteiger partial charge is 0.138 e. The van der Waals surface area contributed by atoms with Crippen LogP contribution in [0.2, 0.25) is 0 Å². The van der Waals surface area contributed by atoms with Crippen molar-refractivity contribution in [1.29, 1.82) is 0 Å². The summed E-state index contributed by atoms with van der Waals surface area (Å²) < 4.78 is 7.56. The van der Waals surface area contributed by atoms with E-state index in [1.807, 2.05) is 11.7 Å². The van der Waals surface area contributed by atoms with Gasteiger partial charge in [0.1, 0.15) is 12.2 Å². The maximum atomic E-state index is 5.59.